The van der Waals surface area contributed by atoms with Crippen molar-refractivity contribution >= 4 is 19.9 Å². The first-order chi connectivity index (χ1) is 27.9. The summed E-state index contributed by atoms with van der Waals surface area (Å²) in [6.07, 6.45) is 25.9. The van der Waals surface area contributed by atoms with Gasteiger partial charge in [-0.1, -0.05) is 122 Å². The van der Waals surface area contributed by atoms with Gasteiger partial charge in [0, 0.05) is 6.57 Å². The first-order valence-corrected chi connectivity index (χ1v) is 22.6. The zero-order valence-corrected chi connectivity index (χ0v) is 35.8. The maximum absolute atomic E-state index is 10.7. The summed E-state index contributed by atoms with van der Waals surface area (Å²) >= 11 is 0. The lowest BCUT2D eigenvalue weighted by atomic mass is 10.0. The van der Waals surface area contributed by atoms with Crippen molar-refractivity contribution in [1.82, 2.24) is 14.6 Å². The number of hydrogen-bond donors (Lipinski definition) is 2. The van der Waals surface area contributed by atoms with Gasteiger partial charge in [0.25, 0.3) is 0 Å². The van der Waals surface area contributed by atoms with Crippen LogP contribution in [0.4, 0.5) is 5.82 Å². The maximum Gasteiger partial charge on any atom is 0.330 e. The third kappa shape index (κ3) is 18.4. The van der Waals surface area contributed by atoms with Gasteiger partial charge in [-0.3, -0.25) is 0 Å². The summed E-state index contributed by atoms with van der Waals surface area (Å²) < 4.78 is 31.8. The zero-order chi connectivity index (χ0) is 41.1. The van der Waals surface area contributed by atoms with Gasteiger partial charge in [0.2, 0.25) is 0 Å². The fourth-order valence-corrected chi connectivity index (χ4v) is 7.88. The molecule has 4 rings (SSSR count). The molecular formula is C44H69N6O6P. The van der Waals surface area contributed by atoms with E-state index in [0.717, 1.165) is 48.9 Å². The van der Waals surface area contributed by atoms with Crippen LogP contribution in [0, 0.1) is 23.2 Å². The monoisotopic (exact) mass is 809 g/mol. The van der Waals surface area contributed by atoms with Crippen molar-refractivity contribution in [2.45, 2.75) is 180 Å². The van der Waals surface area contributed by atoms with Crippen molar-refractivity contribution < 1.29 is 28.2 Å². The third-order valence-corrected chi connectivity index (χ3v) is 11.1. The van der Waals surface area contributed by atoms with Gasteiger partial charge in [-0.05, 0) is 62.9 Å². The summed E-state index contributed by atoms with van der Waals surface area (Å²) in [5.41, 5.74) is 9.09. The number of nitrogens with two attached hydrogens (primary N) is 1. The largest absolute Gasteiger partial charge is 0.490 e. The van der Waals surface area contributed by atoms with Crippen LogP contribution in [0.15, 0.2) is 36.7 Å². The Labute approximate surface area is 343 Å². The molecule has 0 aliphatic carbocycles. The fraction of sp³-hybridized carbons (Fsp3) is 0.682. The standard InChI is InChI=1S/C43H68N5O6P.CHN/c1-4-5-6-7-8-9-10-11-12-13-14-15-16-17-18-19-20-21-37(50-30-35-22-23-36(29-44)42(28-35)53-34(2)3)31-51-55(49)52-32-38-24-27-41(54-38)39-25-26-40-43(45)46-33-47-48(39)40;1-2/h22-23,25-26,28,33-34,37-38,41,49H,4-21,24,27,30-32H2,1-3H3,(H2,45,46,47);1H. The molecule has 0 amide bonds. The molecule has 2 aromatic heterocycles. The molecule has 1 fully saturated rings. The molecule has 4 atom stereocenters. The topological polar surface area (TPSA) is 170 Å². The van der Waals surface area contributed by atoms with E-state index >= 15 is 0 Å². The summed E-state index contributed by atoms with van der Waals surface area (Å²) in [4.78, 5) is 14.8. The molecule has 4 unspecified atom stereocenters. The van der Waals surface area contributed by atoms with E-state index in [-0.39, 0.29) is 37.6 Å². The van der Waals surface area contributed by atoms with Gasteiger partial charge in [-0.2, -0.15) is 10.4 Å². The normalized spacial score (nSPS) is 16.3. The molecular weight excluding hydrogens is 739 g/mol. The van der Waals surface area contributed by atoms with Crippen molar-refractivity contribution in [3.05, 3.63) is 53.5 Å². The summed E-state index contributed by atoms with van der Waals surface area (Å²) in [6.45, 7) is 10.5. The molecule has 13 heteroatoms. The van der Waals surface area contributed by atoms with Crippen LogP contribution in [0.2, 0.25) is 0 Å². The number of ether oxygens (including phenoxy) is 3. The second-order valence-corrected chi connectivity index (χ2v) is 16.3. The Balaban J connectivity index is 0.00000428. The second-order valence-electron chi connectivity index (χ2n) is 15.3. The zero-order valence-electron chi connectivity index (χ0n) is 34.9. The van der Waals surface area contributed by atoms with Crippen LogP contribution in [0.1, 0.15) is 172 Å². The van der Waals surface area contributed by atoms with E-state index < -0.39 is 8.60 Å². The number of nitrogen functional groups attached to an aromatic ring is 1. The van der Waals surface area contributed by atoms with Gasteiger partial charge in [0.1, 0.15) is 29.8 Å². The molecule has 1 aromatic carbocycles. The number of unbranched alkanes of at least 4 members (excludes halogenated alkanes) is 16. The van der Waals surface area contributed by atoms with Crippen LogP contribution in [-0.2, 0) is 25.1 Å². The number of anilines is 1. The minimum absolute atomic E-state index is 0.0451. The van der Waals surface area contributed by atoms with Crippen LogP contribution in [0.25, 0.3) is 5.52 Å². The van der Waals surface area contributed by atoms with Crippen molar-refractivity contribution in [3.63, 3.8) is 0 Å². The van der Waals surface area contributed by atoms with E-state index in [4.69, 9.17) is 34.3 Å². The van der Waals surface area contributed by atoms with Crippen LogP contribution in [-0.4, -0.2) is 51.0 Å². The number of nitrogens with zero attached hydrogens (tertiary/aromatic N) is 5. The maximum atomic E-state index is 10.7. The Morgan fingerprint density at radius 2 is 1.54 bits per heavy atom. The van der Waals surface area contributed by atoms with E-state index in [9.17, 15) is 10.2 Å². The van der Waals surface area contributed by atoms with Crippen molar-refractivity contribution in [2.75, 3.05) is 18.9 Å². The van der Waals surface area contributed by atoms with Gasteiger partial charge in [0.05, 0.1) is 49.4 Å². The number of aromatic nitrogens is 3. The van der Waals surface area contributed by atoms with Gasteiger partial charge in [-0.25, -0.2) is 14.8 Å². The molecule has 1 saturated heterocycles. The van der Waals surface area contributed by atoms with Gasteiger partial charge >= 0.3 is 8.60 Å². The first-order valence-electron chi connectivity index (χ1n) is 21.4. The predicted molar refractivity (Wildman–Crippen MR) is 226 cm³/mol. The molecule has 3 heterocycles. The molecule has 3 aromatic rings. The molecule has 1 aliphatic rings. The average molecular weight is 809 g/mol. The summed E-state index contributed by atoms with van der Waals surface area (Å²) in [5, 5.41) is 20.4. The Kier molecular flexibility index (Phi) is 24.4. The van der Waals surface area contributed by atoms with Crippen LogP contribution in [0.5, 0.6) is 5.75 Å². The Morgan fingerprint density at radius 3 is 2.16 bits per heavy atom. The first kappa shape index (κ1) is 48.0. The molecule has 0 spiro atoms. The minimum Gasteiger partial charge on any atom is -0.490 e. The Bertz CT molecular complexity index is 1580. The summed E-state index contributed by atoms with van der Waals surface area (Å²) in [6, 6.07) is 11.6. The smallest absolute Gasteiger partial charge is 0.330 e. The Hall–Kier alpha value is -3.35. The number of nitriles is 2. The summed E-state index contributed by atoms with van der Waals surface area (Å²) in [5.74, 6) is 0.988. The number of fused-ring (bicyclic) bond motifs is 1. The highest BCUT2D eigenvalue weighted by molar-refractivity contribution is 7.40. The highest BCUT2D eigenvalue weighted by Gasteiger charge is 2.30. The number of rotatable bonds is 30. The quantitative estimate of drug-likeness (QED) is 0.0485. The van der Waals surface area contributed by atoms with Gasteiger partial charge in [-0.15, -0.1) is 0 Å². The summed E-state index contributed by atoms with van der Waals surface area (Å²) in [7, 11) is -2.11. The Morgan fingerprint density at radius 1 is 0.912 bits per heavy atom. The third-order valence-electron chi connectivity index (χ3n) is 10.3. The van der Waals surface area contributed by atoms with E-state index in [0.29, 0.717) is 23.7 Å². The van der Waals surface area contributed by atoms with Crippen molar-refractivity contribution in [3.8, 4) is 18.4 Å². The molecule has 3 N–H and O–H groups in total. The fourth-order valence-electron chi connectivity index (χ4n) is 7.22. The van der Waals surface area contributed by atoms with Gasteiger partial charge < -0.3 is 33.9 Å². The van der Waals surface area contributed by atoms with Crippen molar-refractivity contribution in [1.29, 1.82) is 10.5 Å². The van der Waals surface area contributed by atoms with E-state index in [1.807, 2.05) is 38.1 Å². The average Bonchev–Trinajstić information content (AvgIpc) is 3.88. The lowest BCUT2D eigenvalue weighted by molar-refractivity contribution is -0.00969. The molecule has 1 aliphatic heterocycles. The van der Waals surface area contributed by atoms with Gasteiger partial charge in [0.15, 0.2) is 5.82 Å². The lowest BCUT2D eigenvalue weighted by Gasteiger charge is -2.21. The number of benzene rings is 1. The van der Waals surface area contributed by atoms with Crippen LogP contribution in [0.3, 0.4) is 0 Å². The van der Waals surface area contributed by atoms with E-state index in [1.165, 1.54) is 103 Å². The second kappa shape index (κ2) is 29.0. The predicted octanol–water partition coefficient (Wildman–Crippen LogP) is 11.2. The molecule has 316 valence electrons. The van der Waals surface area contributed by atoms with Crippen LogP contribution < -0.4 is 10.5 Å². The highest BCUT2D eigenvalue weighted by Crippen LogP contribution is 2.38. The van der Waals surface area contributed by atoms with E-state index in [1.54, 1.807) is 10.6 Å². The molecule has 0 bridgehead atoms. The lowest BCUT2D eigenvalue weighted by Crippen LogP contribution is -2.20. The minimum atomic E-state index is -2.11. The molecule has 0 radical (unpaired) electrons. The SMILES string of the molecule is C#N.CCCCCCCCCCCCCCCCCCCC(COP(O)OCC1CCC(c2ccc3c(N)ncnn23)O1)OCc1ccc(C#N)c(OC(C)C)c1. The van der Waals surface area contributed by atoms with E-state index in [2.05, 4.69) is 29.6 Å². The number of hydrogen-bond acceptors (Lipinski definition) is 11. The van der Waals surface area contributed by atoms with Crippen LogP contribution >= 0.6 is 8.60 Å². The highest BCUT2D eigenvalue weighted by atomic mass is 31.2. The van der Waals surface area contributed by atoms with Crippen molar-refractivity contribution in [2.24, 2.45) is 0 Å². The molecule has 12 nitrogen and oxygen atoms in total. The molecule has 0 saturated carbocycles. The molecule has 57 heavy (non-hydrogen) atoms.